The normalized spacial score (nSPS) is 17.9. The van der Waals surface area contributed by atoms with Crippen LogP contribution in [0.25, 0.3) is 0 Å². The van der Waals surface area contributed by atoms with Crippen LogP contribution in [-0.2, 0) is 4.74 Å². The SMILES string of the molecule is Cc1cnc(OCCN2CCOCC2)[nH]1. The third-order valence-electron chi connectivity index (χ3n) is 2.43. The maximum atomic E-state index is 5.48. The minimum absolute atomic E-state index is 0.612. The summed E-state index contributed by atoms with van der Waals surface area (Å²) in [4.78, 5) is 9.45. The summed E-state index contributed by atoms with van der Waals surface area (Å²) in [5, 5.41) is 0. The molecule has 0 bridgehead atoms. The fourth-order valence-corrected chi connectivity index (χ4v) is 1.56. The quantitative estimate of drug-likeness (QED) is 0.784. The number of ether oxygens (including phenoxy) is 2. The van der Waals surface area contributed by atoms with Crippen LogP contribution in [0.4, 0.5) is 0 Å². The van der Waals surface area contributed by atoms with Crippen LogP contribution in [0.1, 0.15) is 5.69 Å². The molecule has 2 rings (SSSR count). The van der Waals surface area contributed by atoms with Gasteiger partial charge in [0.2, 0.25) is 0 Å². The Hall–Kier alpha value is -1.07. The van der Waals surface area contributed by atoms with Crippen LogP contribution in [0.2, 0.25) is 0 Å². The predicted octanol–water partition coefficient (Wildman–Crippen LogP) is 0.429. The number of nitrogens with zero attached hydrogens (tertiary/aromatic N) is 2. The van der Waals surface area contributed by atoms with E-state index in [1.54, 1.807) is 6.20 Å². The molecule has 0 aromatic carbocycles. The van der Waals surface area contributed by atoms with Gasteiger partial charge in [-0.05, 0) is 6.92 Å². The maximum Gasteiger partial charge on any atom is 0.293 e. The van der Waals surface area contributed by atoms with Crippen molar-refractivity contribution in [2.24, 2.45) is 0 Å². The highest BCUT2D eigenvalue weighted by molar-refractivity contribution is 5.02. The first kappa shape index (κ1) is 10.4. The van der Waals surface area contributed by atoms with Crippen molar-refractivity contribution in [3.63, 3.8) is 0 Å². The third kappa shape index (κ3) is 3.21. The van der Waals surface area contributed by atoms with Gasteiger partial charge in [0.15, 0.2) is 0 Å². The number of rotatable bonds is 4. The summed E-state index contributed by atoms with van der Waals surface area (Å²) in [6.45, 7) is 7.23. The molecule has 0 spiro atoms. The average Bonchev–Trinajstić information content (AvgIpc) is 2.66. The van der Waals surface area contributed by atoms with Gasteiger partial charge in [-0.15, -0.1) is 0 Å². The molecule has 0 saturated carbocycles. The van der Waals surface area contributed by atoms with Crippen LogP contribution in [0.5, 0.6) is 6.01 Å². The van der Waals surface area contributed by atoms with Crippen molar-refractivity contribution in [1.29, 1.82) is 0 Å². The van der Waals surface area contributed by atoms with Crippen LogP contribution in [-0.4, -0.2) is 54.3 Å². The average molecular weight is 211 g/mol. The highest BCUT2D eigenvalue weighted by Gasteiger charge is 2.09. The van der Waals surface area contributed by atoms with Crippen molar-refractivity contribution in [3.8, 4) is 6.01 Å². The van der Waals surface area contributed by atoms with Gasteiger partial charge in [-0.2, -0.15) is 0 Å². The molecule has 0 atom stereocenters. The van der Waals surface area contributed by atoms with E-state index in [0.717, 1.165) is 38.5 Å². The molecule has 1 aliphatic heterocycles. The number of hydrogen-bond donors (Lipinski definition) is 1. The Morgan fingerprint density at radius 1 is 1.53 bits per heavy atom. The van der Waals surface area contributed by atoms with Gasteiger partial charge in [-0.1, -0.05) is 0 Å². The van der Waals surface area contributed by atoms with Crippen LogP contribution >= 0.6 is 0 Å². The van der Waals surface area contributed by atoms with Gasteiger partial charge < -0.3 is 14.5 Å². The minimum atomic E-state index is 0.612. The topological polar surface area (TPSA) is 50.4 Å². The van der Waals surface area contributed by atoms with E-state index in [0.29, 0.717) is 12.6 Å². The lowest BCUT2D eigenvalue weighted by Gasteiger charge is -2.26. The lowest BCUT2D eigenvalue weighted by Crippen LogP contribution is -2.38. The van der Waals surface area contributed by atoms with E-state index in [1.165, 1.54) is 0 Å². The van der Waals surface area contributed by atoms with E-state index in [2.05, 4.69) is 14.9 Å². The summed E-state index contributed by atoms with van der Waals surface area (Å²) in [6, 6.07) is 0.612. The Labute approximate surface area is 89.4 Å². The minimum Gasteiger partial charge on any atom is -0.463 e. The largest absolute Gasteiger partial charge is 0.463 e. The van der Waals surface area contributed by atoms with Gasteiger partial charge in [0, 0.05) is 25.3 Å². The number of nitrogens with one attached hydrogen (secondary N) is 1. The molecule has 1 aromatic heterocycles. The number of aromatic amines is 1. The smallest absolute Gasteiger partial charge is 0.293 e. The molecule has 2 heterocycles. The highest BCUT2D eigenvalue weighted by atomic mass is 16.5. The highest BCUT2D eigenvalue weighted by Crippen LogP contribution is 2.03. The second kappa shape index (κ2) is 5.14. The van der Waals surface area contributed by atoms with Crippen molar-refractivity contribution in [1.82, 2.24) is 14.9 Å². The molecular weight excluding hydrogens is 194 g/mol. The summed E-state index contributed by atoms with van der Waals surface area (Å²) in [5.41, 5.74) is 1.02. The summed E-state index contributed by atoms with van der Waals surface area (Å²) in [5.74, 6) is 0. The molecule has 5 heteroatoms. The standard InChI is InChI=1S/C10H17N3O2/c1-9-8-11-10(12-9)15-7-4-13-2-5-14-6-3-13/h8H,2-7H2,1H3,(H,11,12). The number of hydrogen-bond acceptors (Lipinski definition) is 4. The second-order valence-corrected chi connectivity index (χ2v) is 3.67. The summed E-state index contributed by atoms with van der Waals surface area (Å²) in [6.07, 6.45) is 1.77. The molecule has 0 aliphatic carbocycles. The van der Waals surface area contributed by atoms with E-state index in [1.807, 2.05) is 6.92 Å². The zero-order chi connectivity index (χ0) is 10.5. The zero-order valence-electron chi connectivity index (χ0n) is 9.03. The zero-order valence-corrected chi connectivity index (χ0v) is 9.03. The third-order valence-corrected chi connectivity index (χ3v) is 2.43. The van der Waals surface area contributed by atoms with Crippen LogP contribution < -0.4 is 4.74 Å². The Bertz CT molecular complexity index is 295. The molecule has 1 fully saturated rings. The van der Waals surface area contributed by atoms with Gasteiger partial charge >= 0.3 is 0 Å². The first-order chi connectivity index (χ1) is 7.34. The Morgan fingerprint density at radius 3 is 3.00 bits per heavy atom. The molecule has 1 aliphatic rings. The lowest BCUT2D eigenvalue weighted by atomic mass is 10.4. The lowest BCUT2D eigenvalue weighted by molar-refractivity contribution is 0.0317. The molecule has 0 radical (unpaired) electrons. The molecule has 1 saturated heterocycles. The molecule has 15 heavy (non-hydrogen) atoms. The van der Waals surface area contributed by atoms with Gasteiger partial charge in [0.25, 0.3) is 6.01 Å². The molecule has 84 valence electrons. The van der Waals surface area contributed by atoms with Gasteiger partial charge in [0.1, 0.15) is 6.61 Å². The Balaban J connectivity index is 1.65. The molecule has 1 N–H and O–H groups in total. The van der Waals surface area contributed by atoms with Gasteiger partial charge in [-0.3, -0.25) is 4.90 Å². The Kier molecular flexibility index (Phi) is 3.58. The monoisotopic (exact) mass is 211 g/mol. The molecular formula is C10H17N3O2. The second-order valence-electron chi connectivity index (χ2n) is 3.67. The van der Waals surface area contributed by atoms with Crippen LogP contribution in [0, 0.1) is 6.92 Å². The van der Waals surface area contributed by atoms with Crippen molar-refractivity contribution < 1.29 is 9.47 Å². The van der Waals surface area contributed by atoms with Crippen molar-refractivity contribution in [3.05, 3.63) is 11.9 Å². The van der Waals surface area contributed by atoms with E-state index < -0.39 is 0 Å². The summed E-state index contributed by atoms with van der Waals surface area (Å²) < 4.78 is 10.7. The fraction of sp³-hybridized carbons (Fsp3) is 0.700. The molecule has 0 unspecified atom stereocenters. The van der Waals surface area contributed by atoms with E-state index in [-0.39, 0.29) is 0 Å². The number of aromatic nitrogens is 2. The summed E-state index contributed by atoms with van der Waals surface area (Å²) in [7, 11) is 0. The summed E-state index contributed by atoms with van der Waals surface area (Å²) >= 11 is 0. The Morgan fingerprint density at radius 2 is 2.33 bits per heavy atom. The van der Waals surface area contributed by atoms with Crippen molar-refractivity contribution in [2.45, 2.75) is 6.92 Å². The number of morpholine rings is 1. The van der Waals surface area contributed by atoms with Crippen LogP contribution in [0.15, 0.2) is 6.20 Å². The maximum absolute atomic E-state index is 5.48. The number of H-pyrrole nitrogens is 1. The number of imidazole rings is 1. The van der Waals surface area contributed by atoms with E-state index >= 15 is 0 Å². The van der Waals surface area contributed by atoms with Gasteiger partial charge in [-0.25, -0.2) is 4.98 Å². The fourth-order valence-electron chi connectivity index (χ4n) is 1.56. The van der Waals surface area contributed by atoms with Crippen LogP contribution in [0.3, 0.4) is 0 Å². The first-order valence-corrected chi connectivity index (χ1v) is 5.29. The first-order valence-electron chi connectivity index (χ1n) is 5.29. The van der Waals surface area contributed by atoms with E-state index in [4.69, 9.17) is 9.47 Å². The van der Waals surface area contributed by atoms with Gasteiger partial charge in [0.05, 0.1) is 19.4 Å². The van der Waals surface area contributed by atoms with Crippen molar-refractivity contribution in [2.75, 3.05) is 39.5 Å². The predicted molar refractivity (Wildman–Crippen MR) is 56.1 cm³/mol. The molecule has 5 nitrogen and oxygen atoms in total. The van der Waals surface area contributed by atoms with E-state index in [9.17, 15) is 0 Å². The molecule has 0 amide bonds. The van der Waals surface area contributed by atoms with Crippen molar-refractivity contribution >= 4 is 0 Å². The number of aryl methyl sites for hydroxylation is 1. The molecule has 1 aromatic rings.